The molecule has 0 aliphatic rings. The number of hydrogen-bond acceptors (Lipinski definition) is 2. The van der Waals surface area contributed by atoms with E-state index in [9.17, 15) is 4.79 Å². The lowest BCUT2D eigenvalue weighted by molar-refractivity contribution is -0.124. The van der Waals surface area contributed by atoms with E-state index in [0.717, 1.165) is 6.42 Å². The van der Waals surface area contributed by atoms with Gasteiger partial charge in [-0.3, -0.25) is 4.79 Å². The summed E-state index contributed by atoms with van der Waals surface area (Å²) >= 11 is 0. The van der Waals surface area contributed by atoms with Crippen molar-refractivity contribution in [1.29, 1.82) is 0 Å². The third kappa shape index (κ3) is 5.03. The predicted molar refractivity (Wildman–Crippen MR) is 79.9 cm³/mol. The molecule has 0 saturated carbocycles. The van der Waals surface area contributed by atoms with Gasteiger partial charge in [0.2, 0.25) is 5.91 Å². The number of hydrogen-bond donors (Lipinski definition) is 2. The Morgan fingerprint density at radius 3 is 2.37 bits per heavy atom. The first kappa shape index (κ1) is 15.7. The topological polar surface area (TPSA) is 55.1 Å². The monoisotopic (exact) mass is 262 g/mol. The van der Waals surface area contributed by atoms with Gasteiger partial charge < -0.3 is 11.1 Å². The molecule has 0 radical (unpaired) electrons. The molecular formula is C16H26N2O. The number of nitrogens with one attached hydrogen (secondary N) is 1. The molecule has 2 unspecified atom stereocenters. The highest BCUT2D eigenvalue weighted by Gasteiger charge is 2.27. The van der Waals surface area contributed by atoms with Crippen molar-refractivity contribution in [2.45, 2.75) is 46.1 Å². The standard InChI is InChI=1S/C16H26N2O/c1-12(13-8-6-5-7-9-13)10-11-18-15(19)14(17)16(2,3)4/h5-9,12,14H,10-11,17H2,1-4H3,(H,18,19). The van der Waals surface area contributed by atoms with Crippen molar-refractivity contribution in [2.24, 2.45) is 11.1 Å². The maximum atomic E-state index is 11.9. The summed E-state index contributed by atoms with van der Waals surface area (Å²) in [6.07, 6.45) is 0.923. The molecule has 1 amide bonds. The minimum atomic E-state index is -0.459. The van der Waals surface area contributed by atoms with Gasteiger partial charge in [0.05, 0.1) is 6.04 Å². The van der Waals surface area contributed by atoms with Gasteiger partial charge in [0.15, 0.2) is 0 Å². The van der Waals surface area contributed by atoms with E-state index in [1.165, 1.54) is 5.56 Å². The van der Waals surface area contributed by atoms with Gasteiger partial charge in [-0.15, -0.1) is 0 Å². The van der Waals surface area contributed by atoms with Crippen LogP contribution in [0, 0.1) is 5.41 Å². The Morgan fingerprint density at radius 2 is 1.84 bits per heavy atom. The van der Waals surface area contributed by atoms with Crippen molar-refractivity contribution in [1.82, 2.24) is 5.32 Å². The molecule has 0 spiro atoms. The largest absolute Gasteiger partial charge is 0.355 e. The van der Waals surface area contributed by atoms with Crippen LogP contribution < -0.4 is 11.1 Å². The zero-order valence-corrected chi connectivity index (χ0v) is 12.4. The second-order valence-electron chi connectivity index (χ2n) is 6.24. The van der Waals surface area contributed by atoms with E-state index in [-0.39, 0.29) is 11.3 Å². The average molecular weight is 262 g/mol. The summed E-state index contributed by atoms with van der Waals surface area (Å²) in [5.41, 5.74) is 7.01. The first-order valence-electron chi connectivity index (χ1n) is 6.90. The van der Waals surface area contributed by atoms with Gasteiger partial charge in [0.1, 0.15) is 0 Å². The third-order valence-electron chi connectivity index (χ3n) is 3.46. The Bertz CT molecular complexity index is 395. The summed E-state index contributed by atoms with van der Waals surface area (Å²) in [6, 6.07) is 9.88. The molecule has 2 atom stereocenters. The maximum Gasteiger partial charge on any atom is 0.237 e. The summed E-state index contributed by atoms with van der Waals surface area (Å²) in [4.78, 5) is 11.9. The first-order chi connectivity index (χ1) is 8.82. The maximum absolute atomic E-state index is 11.9. The van der Waals surface area contributed by atoms with Crippen molar-refractivity contribution in [3.63, 3.8) is 0 Å². The summed E-state index contributed by atoms with van der Waals surface area (Å²) in [7, 11) is 0. The second-order valence-corrected chi connectivity index (χ2v) is 6.24. The van der Waals surface area contributed by atoms with Crippen molar-refractivity contribution < 1.29 is 4.79 Å². The van der Waals surface area contributed by atoms with Gasteiger partial charge in [-0.2, -0.15) is 0 Å². The number of rotatable bonds is 5. The van der Waals surface area contributed by atoms with E-state index in [0.29, 0.717) is 12.5 Å². The predicted octanol–water partition coefficient (Wildman–Crippen LogP) is 2.67. The molecule has 3 heteroatoms. The summed E-state index contributed by atoms with van der Waals surface area (Å²) in [5, 5.41) is 2.93. The van der Waals surface area contributed by atoms with Crippen LogP contribution in [0.15, 0.2) is 30.3 Å². The molecule has 0 fully saturated rings. The Balaban J connectivity index is 2.37. The molecular weight excluding hydrogens is 236 g/mol. The lowest BCUT2D eigenvalue weighted by atomic mass is 9.87. The van der Waals surface area contributed by atoms with Gasteiger partial charge in [0.25, 0.3) is 0 Å². The Morgan fingerprint density at radius 1 is 1.26 bits per heavy atom. The average Bonchev–Trinajstić information content (AvgIpc) is 2.37. The van der Waals surface area contributed by atoms with Crippen molar-refractivity contribution >= 4 is 5.91 Å². The number of nitrogens with two attached hydrogens (primary N) is 1. The van der Waals surface area contributed by atoms with E-state index in [2.05, 4.69) is 24.4 Å². The summed E-state index contributed by atoms with van der Waals surface area (Å²) in [5.74, 6) is 0.375. The molecule has 3 nitrogen and oxygen atoms in total. The molecule has 3 N–H and O–H groups in total. The quantitative estimate of drug-likeness (QED) is 0.857. The molecule has 1 aromatic carbocycles. The lowest BCUT2D eigenvalue weighted by Gasteiger charge is -2.26. The third-order valence-corrected chi connectivity index (χ3v) is 3.46. The van der Waals surface area contributed by atoms with Crippen molar-refractivity contribution in [3.05, 3.63) is 35.9 Å². The van der Waals surface area contributed by atoms with Gasteiger partial charge in [0, 0.05) is 6.54 Å². The van der Waals surface area contributed by atoms with Crippen LogP contribution in [-0.4, -0.2) is 18.5 Å². The highest BCUT2D eigenvalue weighted by Crippen LogP contribution is 2.19. The van der Waals surface area contributed by atoms with E-state index >= 15 is 0 Å². The van der Waals surface area contributed by atoms with E-state index in [4.69, 9.17) is 5.73 Å². The zero-order chi connectivity index (χ0) is 14.5. The molecule has 19 heavy (non-hydrogen) atoms. The zero-order valence-electron chi connectivity index (χ0n) is 12.4. The molecule has 0 heterocycles. The summed E-state index contributed by atoms with van der Waals surface area (Å²) in [6.45, 7) is 8.77. The molecule has 1 aromatic rings. The fourth-order valence-electron chi connectivity index (χ4n) is 1.86. The molecule has 0 aliphatic carbocycles. The van der Waals surface area contributed by atoms with Crippen LogP contribution in [-0.2, 0) is 4.79 Å². The van der Waals surface area contributed by atoms with Crippen LogP contribution in [0.3, 0.4) is 0 Å². The molecule has 1 rings (SSSR count). The highest BCUT2D eigenvalue weighted by molar-refractivity contribution is 5.82. The smallest absolute Gasteiger partial charge is 0.237 e. The van der Waals surface area contributed by atoms with Crippen LogP contribution in [0.1, 0.15) is 45.6 Å². The fourth-order valence-corrected chi connectivity index (χ4v) is 1.86. The van der Waals surface area contributed by atoms with Crippen molar-refractivity contribution in [2.75, 3.05) is 6.54 Å². The van der Waals surface area contributed by atoms with Gasteiger partial charge in [-0.05, 0) is 23.3 Å². The number of amides is 1. The van der Waals surface area contributed by atoms with Crippen LogP contribution in [0.5, 0.6) is 0 Å². The highest BCUT2D eigenvalue weighted by atomic mass is 16.2. The fraction of sp³-hybridized carbons (Fsp3) is 0.562. The molecule has 0 saturated heterocycles. The molecule has 0 bridgehead atoms. The van der Waals surface area contributed by atoms with Gasteiger partial charge >= 0.3 is 0 Å². The van der Waals surface area contributed by atoms with Crippen LogP contribution in [0.2, 0.25) is 0 Å². The Kier molecular flexibility index (Phi) is 5.55. The number of carbonyl (C=O) groups is 1. The van der Waals surface area contributed by atoms with Gasteiger partial charge in [-0.1, -0.05) is 58.0 Å². The molecule has 0 aliphatic heterocycles. The molecule has 106 valence electrons. The van der Waals surface area contributed by atoms with Crippen molar-refractivity contribution in [3.8, 4) is 0 Å². The Hall–Kier alpha value is -1.35. The minimum absolute atomic E-state index is 0.0623. The first-order valence-corrected chi connectivity index (χ1v) is 6.90. The van der Waals surface area contributed by atoms with E-state index in [1.807, 2.05) is 39.0 Å². The SMILES string of the molecule is CC(CCNC(=O)C(N)C(C)(C)C)c1ccccc1. The lowest BCUT2D eigenvalue weighted by Crippen LogP contribution is -2.48. The van der Waals surface area contributed by atoms with E-state index < -0.39 is 6.04 Å². The Labute approximate surface area is 116 Å². The van der Waals surface area contributed by atoms with Crippen LogP contribution >= 0.6 is 0 Å². The normalized spacial score (nSPS) is 14.8. The molecule has 0 aromatic heterocycles. The summed E-state index contributed by atoms with van der Waals surface area (Å²) < 4.78 is 0. The van der Waals surface area contributed by atoms with Gasteiger partial charge in [-0.25, -0.2) is 0 Å². The van der Waals surface area contributed by atoms with Crippen LogP contribution in [0.25, 0.3) is 0 Å². The van der Waals surface area contributed by atoms with Crippen LogP contribution in [0.4, 0.5) is 0 Å². The minimum Gasteiger partial charge on any atom is -0.355 e. The van der Waals surface area contributed by atoms with E-state index in [1.54, 1.807) is 0 Å². The number of benzene rings is 1. The number of carbonyl (C=O) groups excluding carboxylic acids is 1. The second kappa shape index (κ2) is 6.71.